The van der Waals surface area contributed by atoms with Crippen LogP contribution in [0.15, 0.2) is 18.2 Å². The molecule has 2 rings (SSSR count). The van der Waals surface area contributed by atoms with Crippen molar-refractivity contribution in [2.24, 2.45) is 5.92 Å². The maximum absolute atomic E-state index is 12.0. The zero-order valence-corrected chi connectivity index (χ0v) is 13.1. The van der Waals surface area contributed by atoms with Crippen LogP contribution in [0.5, 0.6) is 0 Å². The highest BCUT2D eigenvalue weighted by molar-refractivity contribution is 8.00. The Morgan fingerprint density at radius 3 is 2.95 bits per heavy atom. The summed E-state index contributed by atoms with van der Waals surface area (Å²) in [6, 6.07) is 5.57. The third-order valence-corrected chi connectivity index (χ3v) is 5.19. The molecule has 0 radical (unpaired) electrons. The van der Waals surface area contributed by atoms with E-state index in [2.05, 4.69) is 12.2 Å². The van der Waals surface area contributed by atoms with E-state index in [9.17, 15) is 4.79 Å². The lowest BCUT2D eigenvalue weighted by Gasteiger charge is -2.26. The molecule has 1 amide bonds. The van der Waals surface area contributed by atoms with Gasteiger partial charge in [0, 0.05) is 16.6 Å². The Kier molecular flexibility index (Phi) is 5.35. The van der Waals surface area contributed by atoms with Crippen molar-refractivity contribution in [1.82, 2.24) is 0 Å². The van der Waals surface area contributed by atoms with E-state index >= 15 is 0 Å². The van der Waals surface area contributed by atoms with Gasteiger partial charge in [0.25, 0.3) is 0 Å². The van der Waals surface area contributed by atoms with E-state index in [-0.39, 0.29) is 5.91 Å². The molecule has 1 aromatic rings. The average molecular weight is 292 g/mol. The van der Waals surface area contributed by atoms with Crippen LogP contribution in [0.3, 0.4) is 0 Å². The number of aryl methyl sites for hydroxylation is 1. The van der Waals surface area contributed by atoms with Crippen molar-refractivity contribution < 1.29 is 4.79 Å². The van der Waals surface area contributed by atoms with E-state index in [1.165, 1.54) is 25.7 Å². The highest BCUT2D eigenvalue weighted by Gasteiger charge is 2.20. The molecule has 0 spiro atoms. The minimum atomic E-state index is 0.0843. The first-order valence-electron chi connectivity index (χ1n) is 7.32. The Labute approximate surface area is 125 Å². The number of carbonyl (C=O) groups excluding carboxylic acids is 1. The molecule has 3 N–H and O–H groups in total. The van der Waals surface area contributed by atoms with Crippen LogP contribution in [0.2, 0.25) is 0 Å². The summed E-state index contributed by atoms with van der Waals surface area (Å²) < 4.78 is 0. The maximum atomic E-state index is 12.0. The number of amides is 1. The molecule has 2 atom stereocenters. The zero-order chi connectivity index (χ0) is 14.5. The van der Waals surface area contributed by atoms with Gasteiger partial charge in [-0.05, 0) is 49.4 Å². The molecular formula is C16H24N2OS. The largest absolute Gasteiger partial charge is 0.399 e. The monoisotopic (exact) mass is 292 g/mol. The fourth-order valence-corrected chi connectivity index (χ4v) is 3.99. The second-order valence-corrected chi connectivity index (χ2v) is 7.12. The molecule has 110 valence electrons. The van der Waals surface area contributed by atoms with Crippen molar-refractivity contribution in [1.29, 1.82) is 0 Å². The number of nitrogens with one attached hydrogen (secondary N) is 1. The third kappa shape index (κ3) is 4.44. The lowest BCUT2D eigenvalue weighted by Crippen LogP contribution is -2.20. The Balaban J connectivity index is 1.80. The Bertz CT molecular complexity index is 476. The van der Waals surface area contributed by atoms with Crippen LogP contribution in [0.25, 0.3) is 0 Å². The summed E-state index contributed by atoms with van der Waals surface area (Å²) in [5.41, 5.74) is 8.31. The Morgan fingerprint density at radius 2 is 2.25 bits per heavy atom. The smallest absolute Gasteiger partial charge is 0.234 e. The van der Waals surface area contributed by atoms with Gasteiger partial charge >= 0.3 is 0 Å². The van der Waals surface area contributed by atoms with Crippen LogP contribution in [0.4, 0.5) is 11.4 Å². The first-order chi connectivity index (χ1) is 9.54. The summed E-state index contributed by atoms with van der Waals surface area (Å²) in [6.07, 6.45) is 5.15. The second kappa shape index (κ2) is 7.02. The lowest BCUT2D eigenvalue weighted by atomic mass is 9.91. The molecule has 1 aliphatic rings. The fourth-order valence-electron chi connectivity index (χ4n) is 2.74. The predicted molar refractivity (Wildman–Crippen MR) is 88.1 cm³/mol. The molecule has 0 bridgehead atoms. The highest BCUT2D eigenvalue weighted by atomic mass is 32.2. The normalized spacial score (nSPS) is 22.5. The van der Waals surface area contributed by atoms with E-state index in [1.54, 1.807) is 11.8 Å². The molecule has 0 aromatic heterocycles. The van der Waals surface area contributed by atoms with Crippen molar-refractivity contribution in [3.05, 3.63) is 23.8 Å². The summed E-state index contributed by atoms with van der Waals surface area (Å²) in [7, 11) is 0. The maximum Gasteiger partial charge on any atom is 0.234 e. The van der Waals surface area contributed by atoms with Crippen molar-refractivity contribution >= 4 is 29.0 Å². The van der Waals surface area contributed by atoms with E-state index in [4.69, 9.17) is 5.73 Å². The van der Waals surface area contributed by atoms with Crippen molar-refractivity contribution in [3.63, 3.8) is 0 Å². The number of carbonyl (C=O) groups is 1. The second-order valence-electron chi connectivity index (χ2n) is 5.83. The first-order valence-corrected chi connectivity index (χ1v) is 8.37. The number of nitrogens with two attached hydrogens (primary N) is 1. The highest BCUT2D eigenvalue weighted by Crippen LogP contribution is 2.31. The van der Waals surface area contributed by atoms with Crippen LogP contribution >= 0.6 is 11.8 Å². The number of anilines is 2. The average Bonchev–Trinajstić information content (AvgIpc) is 2.40. The van der Waals surface area contributed by atoms with E-state index in [1.807, 2.05) is 25.1 Å². The van der Waals surface area contributed by atoms with Gasteiger partial charge in [-0.2, -0.15) is 0 Å². The molecule has 0 aliphatic heterocycles. The number of hydrogen-bond acceptors (Lipinski definition) is 3. The van der Waals surface area contributed by atoms with Gasteiger partial charge in [-0.15, -0.1) is 11.8 Å². The number of hydrogen-bond donors (Lipinski definition) is 2. The number of rotatable bonds is 4. The summed E-state index contributed by atoms with van der Waals surface area (Å²) in [4.78, 5) is 12.0. The molecule has 1 fully saturated rings. The van der Waals surface area contributed by atoms with Crippen LogP contribution in [0.1, 0.15) is 38.2 Å². The van der Waals surface area contributed by atoms with Crippen molar-refractivity contribution in [2.45, 2.75) is 44.8 Å². The van der Waals surface area contributed by atoms with Gasteiger partial charge in [-0.25, -0.2) is 0 Å². The van der Waals surface area contributed by atoms with Gasteiger partial charge in [0.05, 0.1) is 5.75 Å². The molecule has 1 aromatic carbocycles. The van der Waals surface area contributed by atoms with E-state index < -0.39 is 0 Å². The molecule has 3 nitrogen and oxygen atoms in total. The lowest BCUT2D eigenvalue weighted by molar-refractivity contribution is -0.113. The molecule has 2 unspecified atom stereocenters. The number of thioether (sulfide) groups is 1. The number of benzene rings is 1. The standard InChI is InChI=1S/C16H24N2OS/c1-11-4-3-5-14(8-11)20-10-16(19)18-15-7-6-13(17)9-12(15)2/h6-7,9,11,14H,3-5,8,10,17H2,1-2H3,(H,18,19). The fraction of sp³-hybridized carbons (Fsp3) is 0.562. The summed E-state index contributed by atoms with van der Waals surface area (Å²) in [5.74, 6) is 1.44. The summed E-state index contributed by atoms with van der Waals surface area (Å²) in [6.45, 7) is 4.27. The molecule has 20 heavy (non-hydrogen) atoms. The van der Waals surface area contributed by atoms with Crippen LogP contribution in [-0.2, 0) is 4.79 Å². The van der Waals surface area contributed by atoms with E-state index in [0.717, 1.165) is 22.9 Å². The minimum Gasteiger partial charge on any atom is -0.399 e. The van der Waals surface area contributed by atoms with Gasteiger partial charge in [0.1, 0.15) is 0 Å². The predicted octanol–water partition coefficient (Wildman–Crippen LogP) is 3.83. The van der Waals surface area contributed by atoms with Gasteiger partial charge < -0.3 is 11.1 Å². The Morgan fingerprint density at radius 1 is 1.45 bits per heavy atom. The summed E-state index contributed by atoms with van der Waals surface area (Å²) in [5, 5.41) is 3.62. The van der Waals surface area contributed by atoms with Gasteiger partial charge in [0.15, 0.2) is 0 Å². The van der Waals surface area contributed by atoms with Crippen LogP contribution < -0.4 is 11.1 Å². The zero-order valence-electron chi connectivity index (χ0n) is 12.3. The van der Waals surface area contributed by atoms with Crippen molar-refractivity contribution in [3.8, 4) is 0 Å². The minimum absolute atomic E-state index is 0.0843. The molecule has 1 saturated carbocycles. The Hall–Kier alpha value is -1.16. The van der Waals surface area contributed by atoms with E-state index in [0.29, 0.717) is 11.0 Å². The number of nitrogen functional groups attached to an aromatic ring is 1. The first kappa shape index (κ1) is 15.2. The summed E-state index contributed by atoms with van der Waals surface area (Å²) >= 11 is 1.80. The molecule has 1 aliphatic carbocycles. The van der Waals surface area contributed by atoms with Crippen molar-refractivity contribution in [2.75, 3.05) is 16.8 Å². The van der Waals surface area contributed by atoms with Gasteiger partial charge in [-0.3, -0.25) is 4.79 Å². The third-order valence-electron chi connectivity index (χ3n) is 3.86. The van der Waals surface area contributed by atoms with Gasteiger partial charge in [-0.1, -0.05) is 19.8 Å². The van der Waals surface area contributed by atoms with Crippen LogP contribution in [-0.4, -0.2) is 16.9 Å². The molecular weight excluding hydrogens is 268 g/mol. The quantitative estimate of drug-likeness (QED) is 0.829. The molecule has 0 heterocycles. The topological polar surface area (TPSA) is 55.1 Å². The molecule has 0 saturated heterocycles. The van der Waals surface area contributed by atoms with Gasteiger partial charge in [0.2, 0.25) is 5.91 Å². The molecule has 4 heteroatoms. The SMILES string of the molecule is Cc1cc(N)ccc1NC(=O)CSC1CCCC(C)C1. The van der Waals surface area contributed by atoms with Crippen LogP contribution in [0, 0.1) is 12.8 Å².